The largest absolute Gasteiger partial charge is 0.437 e. The topological polar surface area (TPSA) is 197 Å². The van der Waals surface area contributed by atoms with Crippen LogP contribution in [0.5, 0.6) is 0 Å². The molecule has 0 aromatic carbocycles. The second-order valence-electron chi connectivity index (χ2n) is 21.2. The highest BCUT2D eigenvalue weighted by atomic mass is 16.5. The molecule has 15 nitrogen and oxygen atoms in total. The number of unbranched alkanes of at least 4 members (excludes halogenated alkanes) is 26. The van der Waals surface area contributed by atoms with Gasteiger partial charge < -0.3 is 65.0 Å². The first-order valence-electron chi connectivity index (χ1n) is 30.3. The molecular weight excluding hydrogens is 920 g/mol. The Bertz CT molecular complexity index is 1150. The van der Waals surface area contributed by atoms with Crippen LogP contribution >= 0.6 is 0 Å². The lowest BCUT2D eigenvalue weighted by Gasteiger charge is -2.33. The Hall–Kier alpha value is -1.24. The predicted molar refractivity (Wildman–Crippen MR) is 310 cm³/mol. The zero-order valence-electron chi connectivity index (χ0n) is 48.1. The van der Waals surface area contributed by atoms with Crippen LogP contribution in [0.25, 0.3) is 0 Å². The molecular formula is C54H116B4N6O9. The SMILES string of the molecule is COCCOCCOCCC(=O)NCCCCCCCCCCCCCCCCCCCCCCCCC(=O)NCCCCCCC(CN(CCCCNB(C)O)B(C)O)CN(CCCCNB(C)O)B(C)O. The zero-order chi connectivity index (χ0) is 53.7. The number of hydrogen-bond acceptors (Lipinski definition) is 13. The van der Waals surface area contributed by atoms with E-state index in [1.165, 1.54) is 122 Å². The summed E-state index contributed by atoms with van der Waals surface area (Å²) in [5, 5.41) is 52.6. The van der Waals surface area contributed by atoms with Crippen LogP contribution in [0, 0.1) is 5.92 Å². The lowest BCUT2D eigenvalue weighted by Crippen LogP contribution is -2.47. The molecule has 0 aromatic rings. The van der Waals surface area contributed by atoms with Gasteiger partial charge in [-0.05, 0) is 124 Å². The van der Waals surface area contributed by atoms with E-state index in [1.807, 2.05) is 13.6 Å². The predicted octanol–water partition coefficient (Wildman–Crippen LogP) is 8.61. The van der Waals surface area contributed by atoms with Crippen LogP contribution in [0.1, 0.15) is 212 Å². The average molecular weight is 1040 g/mol. The Morgan fingerprint density at radius 1 is 0.411 bits per heavy atom. The summed E-state index contributed by atoms with van der Waals surface area (Å²) in [5.41, 5.74) is 0. The summed E-state index contributed by atoms with van der Waals surface area (Å²) in [7, 11) is -0.508. The van der Waals surface area contributed by atoms with E-state index in [0.29, 0.717) is 51.8 Å². The van der Waals surface area contributed by atoms with Crippen LogP contribution in [-0.4, -0.2) is 162 Å². The second kappa shape index (κ2) is 55.5. The third-order valence-electron chi connectivity index (χ3n) is 14.0. The van der Waals surface area contributed by atoms with Gasteiger partial charge >= 0.3 is 28.2 Å². The zero-order valence-corrected chi connectivity index (χ0v) is 48.1. The summed E-state index contributed by atoms with van der Waals surface area (Å²) in [4.78, 5) is 28.7. The number of nitrogens with one attached hydrogen (secondary N) is 4. The third-order valence-corrected chi connectivity index (χ3v) is 14.0. The molecule has 0 saturated carbocycles. The van der Waals surface area contributed by atoms with Crippen molar-refractivity contribution in [1.82, 2.24) is 30.7 Å². The van der Waals surface area contributed by atoms with Gasteiger partial charge in [-0.2, -0.15) is 0 Å². The fraction of sp³-hybridized carbons (Fsp3) is 0.963. The van der Waals surface area contributed by atoms with Crippen molar-refractivity contribution in [2.45, 2.75) is 239 Å². The Balaban J connectivity index is 3.84. The first-order chi connectivity index (χ1) is 35.5. The molecule has 0 aromatic heterocycles. The van der Waals surface area contributed by atoms with E-state index < -0.39 is 28.2 Å². The Kier molecular flexibility index (Phi) is 54.6. The molecule has 0 atom stereocenters. The number of hydrogen-bond donors (Lipinski definition) is 8. The van der Waals surface area contributed by atoms with Gasteiger partial charge in [0.15, 0.2) is 0 Å². The number of carbonyl (C=O) groups is 2. The second-order valence-corrected chi connectivity index (χ2v) is 21.2. The lowest BCUT2D eigenvalue weighted by atomic mass is 9.80. The standard InChI is InChI=1S/C54H116B4N6O9/c1-55(67)61-41-32-34-43-63(57(3)69)50-52(51-64(58(4)70)44-35-33-42-62-56(2)68)36-28-25-27-31-39-59-53(65)37-29-24-22-20-18-16-14-12-10-8-6-7-9-11-13-15-17-19-21-23-26-30-40-60-54(66)38-45-72-48-49-73-47-46-71-5/h52,61-62,67-70H,6-51H2,1-5H3,(H,59,65)(H,60,66). The van der Waals surface area contributed by atoms with Gasteiger partial charge in [-0.3, -0.25) is 9.59 Å². The highest BCUT2D eigenvalue weighted by molar-refractivity contribution is 6.46. The van der Waals surface area contributed by atoms with Crippen LogP contribution < -0.4 is 21.1 Å². The van der Waals surface area contributed by atoms with E-state index in [4.69, 9.17) is 14.2 Å². The Morgan fingerprint density at radius 2 is 0.740 bits per heavy atom. The van der Waals surface area contributed by atoms with Gasteiger partial charge in [0.05, 0.1) is 33.0 Å². The molecule has 0 heterocycles. The smallest absolute Gasteiger partial charge is 0.376 e. The highest BCUT2D eigenvalue weighted by Gasteiger charge is 2.25. The molecule has 0 aliphatic rings. The van der Waals surface area contributed by atoms with Crippen LogP contribution in [0.3, 0.4) is 0 Å². The maximum Gasteiger partial charge on any atom is 0.376 e. The molecule has 0 spiro atoms. The average Bonchev–Trinajstić information content (AvgIpc) is 3.35. The van der Waals surface area contributed by atoms with E-state index in [-0.39, 0.29) is 11.8 Å². The molecule has 0 saturated heterocycles. The Morgan fingerprint density at radius 3 is 1.12 bits per heavy atom. The van der Waals surface area contributed by atoms with Gasteiger partial charge in [0.2, 0.25) is 11.8 Å². The number of rotatable bonds is 59. The van der Waals surface area contributed by atoms with E-state index in [0.717, 1.165) is 129 Å². The van der Waals surface area contributed by atoms with E-state index >= 15 is 0 Å². The third kappa shape index (κ3) is 53.9. The number of nitrogens with zero attached hydrogens (tertiary/aromatic N) is 2. The minimum absolute atomic E-state index is 0.0706. The van der Waals surface area contributed by atoms with Gasteiger partial charge in [-0.1, -0.05) is 148 Å². The van der Waals surface area contributed by atoms with E-state index in [9.17, 15) is 29.7 Å². The molecule has 73 heavy (non-hydrogen) atoms. The van der Waals surface area contributed by atoms with Crippen molar-refractivity contribution < 1.29 is 43.9 Å². The number of methoxy groups -OCH3 is 1. The summed E-state index contributed by atoms with van der Waals surface area (Å²) in [6, 6.07) is 0. The summed E-state index contributed by atoms with van der Waals surface area (Å²) >= 11 is 0. The molecule has 19 heteroatoms. The van der Waals surface area contributed by atoms with Crippen molar-refractivity contribution in [2.75, 3.05) is 92.5 Å². The van der Waals surface area contributed by atoms with Crippen molar-refractivity contribution in [2.24, 2.45) is 5.92 Å². The quantitative estimate of drug-likeness (QED) is 0.0213. The first-order valence-corrected chi connectivity index (χ1v) is 30.3. The summed E-state index contributed by atoms with van der Waals surface area (Å²) in [6.07, 6.45) is 38.6. The highest BCUT2D eigenvalue weighted by Crippen LogP contribution is 2.18. The van der Waals surface area contributed by atoms with E-state index in [2.05, 4.69) is 30.7 Å². The fourth-order valence-electron chi connectivity index (χ4n) is 9.39. The molecule has 2 amide bonds. The van der Waals surface area contributed by atoms with Gasteiger partial charge in [-0.25, -0.2) is 0 Å². The molecule has 0 radical (unpaired) electrons. The molecule has 428 valence electrons. The fourth-order valence-corrected chi connectivity index (χ4v) is 9.39. The van der Waals surface area contributed by atoms with Crippen LogP contribution in [0.2, 0.25) is 27.3 Å². The van der Waals surface area contributed by atoms with Crippen LogP contribution in [0.4, 0.5) is 0 Å². The monoisotopic (exact) mass is 1040 g/mol. The minimum Gasteiger partial charge on any atom is -0.437 e. The van der Waals surface area contributed by atoms with Crippen molar-refractivity contribution in [3.8, 4) is 0 Å². The normalized spacial score (nSPS) is 11.6. The summed E-state index contributed by atoms with van der Waals surface area (Å²) < 4.78 is 15.7. The van der Waals surface area contributed by atoms with Crippen LogP contribution in [-0.2, 0) is 23.8 Å². The summed E-state index contributed by atoms with van der Waals surface area (Å²) in [6.45, 7) is 15.8. The molecule has 0 aliphatic heterocycles. The molecule has 0 unspecified atom stereocenters. The van der Waals surface area contributed by atoms with Crippen molar-refractivity contribution in [3.63, 3.8) is 0 Å². The first kappa shape index (κ1) is 71.8. The van der Waals surface area contributed by atoms with E-state index in [1.54, 1.807) is 20.8 Å². The van der Waals surface area contributed by atoms with Gasteiger partial charge in [-0.15, -0.1) is 0 Å². The Labute approximate surface area is 450 Å². The minimum atomic E-state index is -0.559. The maximum absolute atomic E-state index is 12.5. The van der Waals surface area contributed by atoms with Gasteiger partial charge in [0.25, 0.3) is 0 Å². The lowest BCUT2D eigenvalue weighted by molar-refractivity contribution is -0.122. The molecule has 0 rings (SSSR count). The number of carbonyl (C=O) groups excluding carboxylic acids is 2. The van der Waals surface area contributed by atoms with Crippen LogP contribution in [0.15, 0.2) is 0 Å². The van der Waals surface area contributed by atoms with Crippen molar-refractivity contribution in [3.05, 3.63) is 0 Å². The number of ether oxygens (including phenoxy) is 3. The molecule has 0 aliphatic carbocycles. The summed E-state index contributed by atoms with van der Waals surface area (Å²) in [5.74, 6) is 0.551. The maximum atomic E-state index is 12.5. The molecule has 8 N–H and O–H groups in total. The van der Waals surface area contributed by atoms with Gasteiger partial charge in [0, 0.05) is 33.0 Å². The van der Waals surface area contributed by atoms with Gasteiger partial charge in [0.1, 0.15) is 0 Å². The molecule has 0 bridgehead atoms. The van der Waals surface area contributed by atoms with Crippen molar-refractivity contribution in [1.29, 1.82) is 0 Å². The van der Waals surface area contributed by atoms with Crippen molar-refractivity contribution >= 4 is 40.0 Å². The molecule has 0 fully saturated rings. The number of amides is 2.